The molecule has 0 saturated carbocycles. The van der Waals surface area contributed by atoms with Crippen LogP contribution in [0.15, 0.2) is 23.9 Å². The van der Waals surface area contributed by atoms with Crippen LogP contribution in [0.4, 0.5) is 0 Å². The monoisotopic (exact) mass is 350 g/mol. The molecule has 0 aliphatic rings. The van der Waals surface area contributed by atoms with E-state index in [2.05, 4.69) is 45.4 Å². The molecular weight excluding hydrogens is 320 g/mol. The molecule has 6 heteroatoms. The lowest BCUT2D eigenvalue weighted by Crippen LogP contribution is -2.27. The molecule has 0 radical (unpaired) electrons. The minimum Gasteiger partial charge on any atom is -0.544 e. The topological polar surface area (TPSA) is 27.7 Å². The smallest absolute Gasteiger partial charge is 0.268 e. The minimum absolute atomic E-state index is 0.562. The van der Waals surface area contributed by atoms with Gasteiger partial charge in [0.15, 0.2) is 0 Å². The van der Waals surface area contributed by atoms with Crippen LogP contribution in [0.5, 0.6) is 0 Å². The highest BCUT2D eigenvalue weighted by molar-refractivity contribution is 6.70. The lowest BCUT2D eigenvalue weighted by molar-refractivity contribution is 0.111. The fraction of sp³-hybridized carbons (Fsp3) is 0.733. The van der Waals surface area contributed by atoms with Gasteiger partial charge in [0.05, 0.1) is 12.7 Å². The van der Waals surface area contributed by atoms with E-state index in [-0.39, 0.29) is 0 Å². The van der Waals surface area contributed by atoms with Gasteiger partial charge in [0, 0.05) is 5.88 Å². The highest BCUT2D eigenvalue weighted by Crippen LogP contribution is 2.18. The fourth-order valence-electron chi connectivity index (χ4n) is 1.47. The first-order valence-electron chi connectivity index (χ1n) is 7.56. The molecule has 0 aromatic heterocycles. The van der Waals surface area contributed by atoms with E-state index in [1.54, 1.807) is 0 Å². The maximum atomic E-state index is 6.11. The molecule has 0 aliphatic carbocycles. The Balaban J connectivity index is 5.15. The molecule has 0 aromatic carbocycles. The minimum atomic E-state index is -1.71. The fourth-order valence-corrected chi connectivity index (χ4v) is 3.19. The third-order valence-electron chi connectivity index (χ3n) is 2.06. The number of rotatable bonds is 10. The van der Waals surface area contributed by atoms with Gasteiger partial charge in [-0.15, -0.1) is 11.6 Å². The summed E-state index contributed by atoms with van der Waals surface area (Å²) in [5.41, 5.74) is 0. The summed E-state index contributed by atoms with van der Waals surface area (Å²) in [6.07, 6.45) is 5.79. The van der Waals surface area contributed by atoms with E-state index in [0.29, 0.717) is 18.4 Å². The molecule has 0 atom stereocenters. The number of allylic oxidation sites excluding steroid dienone is 2. The van der Waals surface area contributed by atoms with E-state index in [0.717, 1.165) is 18.6 Å². The van der Waals surface area contributed by atoms with Gasteiger partial charge in [-0.2, -0.15) is 0 Å². The van der Waals surface area contributed by atoms with Crippen molar-refractivity contribution in [2.45, 2.75) is 59.0 Å². The first-order valence-corrected chi connectivity index (χ1v) is 14.9. The van der Waals surface area contributed by atoms with Crippen LogP contribution in [0.3, 0.4) is 0 Å². The standard InChI is InChI=1S/C15H31ClO3Si2/c1-8-17-15(19-21(5,6)7)13-14(11-9-10-12-16)18-20(2,3)4/h11,13H,8-10,12H2,1-7H3/b14-11-,15-13-. The van der Waals surface area contributed by atoms with E-state index in [9.17, 15) is 0 Å². The van der Waals surface area contributed by atoms with Crippen LogP contribution in [0, 0.1) is 0 Å². The zero-order valence-electron chi connectivity index (χ0n) is 14.6. The largest absolute Gasteiger partial charge is 0.544 e. The average molecular weight is 351 g/mol. The molecule has 21 heavy (non-hydrogen) atoms. The predicted molar refractivity (Wildman–Crippen MR) is 96.6 cm³/mol. The number of ether oxygens (including phenoxy) is 1. The Bertz CT molecular complexity index is 355. The maximum absolute atomic E-state index is 6.11. The molecule has 0 rings (SSSR count). The number of hydrogen-bond donors (Lipinski definition) is 0. The van der Waals surface area contributed by atoms with E-state index < -0.39 is 16.6 Å². The summed E-state index contributed by atoms with van der Waals surface area (Å²) in [5, 5.41) is 0. The number of halogens is 1. The van der Waals surface area contributed by atoms with Crippen molar-refractivity contribution in [1.82, 2.24) is 0 Å². The third kappa shape index (κ3) is 13.0. The van der Waals surface area contributed by atoms with Crippen molar-refractivity contribution in [3.63, 3.8) is 0 Å². The predicted octanol–water partition coefficient (Wildman–Crippen LogP) is 5.47. The molecule has 0 amide bonds. The normalized spacial score (nSPS) is 14.1. The summed E-state index contributed by atoms with van der Waals surface area (Å²) in [6.45, 7) is 15.4. The molecule has 0 saturated heterocycles. The second-order valence-corrected chi connectivity index (χ2v) is 16.0. The van der Waals surface area contributed by atoms with E-state index >= 15 is 0 Å². The molecule has 0 heterocycles. The quantitative estimate of drug-likeness (QED) is 0.172. The van der Waals surface area contributed by atoms with Gasteiger partial charge in [-0.25, -0.2) is 0 Å². The molecule has 3 nitrogen and oxygen atoms in total. The zero-order valence-corrected chi connectivity index (χ0v) is 17.3. The highest BCUT2D eigenvalue weighted by atomic mass is 35.5. The molecule has 124 valence electrons. The molecular formula is C15H31ClO3Si2. The van der Waals surface area contributed by atoms with E-state index in [1.165, 1.54) is 0 Å². The van der Waals surface area contributed by atoms with Gasteiger partial charge in [-0.1, -0.05) is 0 Å². The van der Waals surface area contributed by atoms with Crippen LogP contribution >= 0.6 is 11.6 Å². The Kier molecular flexibility index (Phi) is 9.41. The third-order valence-corrected chi connectivity index (χ3v) is 3.99. The van der Waals surface area contributed by atoms with Crippen molar-refractivity contribution in [2.24, 2.45) is 0 Å². The SMILES string of the molecule is CCO/C(=C/C(=C/CCCCl)O[Si](C)(C)C)O[Si](C)(C)C. The molecule has 0 aromatic rings. The van der Waals surface area contributed by atoms with Gasteiger partial charge in [0.25, 0.3) is 5.95 Å². The van der Waals surface area contributed by atoms with Crippen LogP contribution in [-0.4, -0.2) is 29.1 Å². The van der Waals surface area contributed by atoms with Gasteiger partial charge in [-0.05, 0) is 65.1 Å². The van der Waals surface area contributed by atoms with Crippen LogP contribution in [0.1, 0.15) is 19.8 Å². The lowest BCUT2D eigenvalue weighted by atomic mass is 10.3. The Morgan fingerprint density at radius 2 is 1.57 bits per heavy atom. The van der Waals surface area contributed by atoms with Gasteiger partial charge in [0.1, 0.15) is 5.76 Å². The second-order valence-electron chi connectivity index (χ2n) is 6.76. The first-order chi connectivity index (χ1) is 9.57. The van der Waals surface area contributed by atoms with Crippen LogP contribution in [0.2, 0.25) is 39.3 Å². The van der Waals surface area contributed by atoms with Gasteiger partial charge >= 0.3 is 0 Å². The first kappa shape index (κ1) is 20.6. The summed E-state index contributed by atoms with van der Waals surface area (Å²) in [6, 6.07) is 0. The summed E-state index contributed by atoms with van der Waals surface area (Å²) in [7, 11) is -3.38. The molecule has 0 N–H and O–H groups in total. The second kappa shape index (κ2) is 9.59. The van der Waals surface area contributed by atoms with Crippen molar-refractivity contribution in [3.05, 3.63) is 23.9 Å². The average Bonchev–Trinajstić information content (AvgIpc) is 2.25. The Hall–Kier alpha value is -0.396. The highest BCUT2D eigenvalue weighted by Gasteiger charge is 2.21. The number of unbranched alkanes of at least 4 members (excludes halogenated alkanes) is 1. The number of hydrogen-bond acceptors (Lipinski definition) is 3. The van der Waals surface area contributed by atoms with Crippen LogP contribution in [0.25, 0.3) is 0 Å². The van der Waals surface area contributed by atoms with Crippen molar-refractivity contribution in [2.75, 3.05) is 12.5 Å². The Labute approximate surface area is 137 Å². The van der Waals surface area contributed by atoms with Gasteiger partial charge in [-0.3, -0.25) is 0 Å². The van der Waals surface area contributed by atoms with Crippen molar-refractivity contribution in [1.29, 1.82) is 0 Å². The Morgan fingerprint density at radius 1 is 1.00 bits per heavy atom. The van der Waals surface area contributed by atoms with E-state index in [1.807, 2.05) is 13.0 Å². The summed E-state index contributed by atoms with van der Waals surface area (Å²) >= 11 is 5.74. The summed E-state index contributed by atoms with van der Waals surface area (Å²) in [4.78, 5) is 0. The lowest BCUT2D eigenvalue weighted by Gasteiger charge is -2.24. The maximum Gasteiger partial charge on any atom is 0.268 e. The zero-order chi connectivity index (χ0) is 16.5. The molecule has 0 unspecified atom stereocenters. The molecule has 0 aliphatic heterocycles. The van der Waals surface area contributed by atoms with Crippen molar-refractivity contribution >= 4 is 28.2 Å². The summed E-state index contributed by atoms with van der Waals surface area (Å²) in [5.74, 6) is 2.05. The van der Waals surface area contributed by atoms with Crippen molar-refractivity contribution in [3.8, 4) is 0 Å². The molecule has 0 bridgehead atoms. The summed E-state index contributed by atoms with van der Waals surface area (Å²) < 4.78 is 17.7. The number of alkyl halides is 1. The molecule has 0 fully saturated rings. The van der Waals surface area contributed by atoms with Crippen LogP contribution < -0.4 is 0 Å². The van der Waals surface area contributed by atoms with Gasteiger partial charge in [0.2, 0.25) is 16.6 Å². The Morgan fingerprint density at radius 3 is 2.00 bits per heavy atom. The van der Waals surface area contributed by atoms with E-state index in [4.69, 9.17) is 25.2 Å². The van der Waals surface area contributed by atoms with Crippen LogP contribution in [-0.2, 0) is 13.6 Å². The van der Waals surface area contributed by atoms with Crippen molar-refractivity contribution < 1.29 is 13.6 Å². The molecule has 0 spiro atoms. The van der Waals surface area contributed by atoms with Gasteiger partial charge < -0.3 is 13.6 Å².